The first-order chi connectivity index (χ1) is 8.74. The molecule has 4 nitrogen and oxygen atoms in total. The van der Waals surface area contributed by atoms with Crippen molar-refractivity contribution in [2.45, 2.75) is 45.1 Å². The highest BCUT2D eigenvalue weighted by Crippen LogP contribution is 2.14. The minimum absolute atomic E-state index is 0.386. The molecule has 1 aromatic rings. The van der Waals surface area contributed by atoms with E-state index in [4.69, 9.17) is 16.3 Å². The van der Waals surface area contributed by atoms with Gasteiger partial charge in [-0.1, -0.05) is 18.0 Å². The van der Waals surface area contributed by atoms with E-state index in [1.807, 2.05) is 6.92 Å². The molecule has 100 valence electrons. The Labute approximate surface area is 113 Å². The van der Waals surface area contributed by atoms with Crippen LogP contribution in [0.1, 0.15) is 37.8 Å². The summed E-state index contributed by atoms with van der Waals surface area (Å²) in [5.41, 5.74) is 0.832. The van der Waals surface area contributed by atoms with Crippen molar-refractivity contribution in [2.24, 2.45) is 0 Å². The van der Waals surface area contributed by atoms with Gasteiger partial charge in [0.15, 0.2) is 0 Å². The lowest BCUT2D eigenvalue weighted by molar-refractivity contribution is 0.266. The summed E-state index contributed by atoms with van der Waals surface area (Å²) in [7, 11) is 0. The number of rotatable bonds is 5. The summed E-state index contributed by atoms with van der Waals surface area (Å²) in [5.74, 6) is 0. The van der Waals surface area contributed by atoms with E-state index in [1.54, 1.807) is 6.07 Å². The van der Waals surface area contributed by atoms with Crippen molar-refractivity contribution in [3.63, 3.8) is 0 Å². The fourth-order valence-electron chi connectivity index (χ4n) is 2.23. The minimum atomic E-state index is 0.386. The maximum Gasteiger partial charge on any atom is 0.318 e. The van der Waals surface area contributed by atoms with E-state index in [-0.39, 0.29) is 0 Å². The summed E-state index contributed by atoms with van der Waals surface area (Å²) in [6, 6.07) is 2.77. The van der Waals surface area contributed by atoms with Crippen LogP contribution in [0.4, 0.5) is 0 Å². The lowest BCUT2D eigenvalue weighted by atomic mass is 10.0. The highest BCUT2D eigenvalue weighted by molar-refractivity contribution is 6.29. The second-order valence-corrected chi connectivity index (χ2v) is 5.14. The molecule has 0 spiro atoms. The number of aryl methyl sites for hydroxylation is 1. The van der Waals surface area contributed by atoms with E-state index >= 15 is 0 Å². The SMILES string of the molecule is Cc1cc(Cl)nc(OCCC[C@@H]2CCCCN2)n1. The van der Waals surface area contributed by atoms with Crippen LogP contribution in [-0.2, 0) is 0 Å². The van der Waals surface area contributed by atoms with Crippen LogP contribution in [0.2, 0.25) is 5.15 Å². The maximum absolute atomic E-state index is 5.84. The van der Waals surface area contributed by atoms with Crippen LogP contribution < -0.4 is 10.1 Å². The molecule has 1 fully saturated rings. The number of aromatic nitrogens is 2. The molecule has 0 aliphatic carbocycles. The first-order valence-corrected chi connectivity index (χ1v) is 6.99. The van der Waals surface area contributed by atoms with Crippen molar-refractivity contribution in [3.8, 4) is 6.01 Å². The fraction of sp³-hybridized carbons (Fsp3) is 0.692. The Kier molecular flexibility index (Phi) is 5.20. The van der Waals surface area contributed by atoms with Crippen LogP contribution in [0.3, 0.4) is 0 Å². The second kappa shape index (κ2) is 6.90. The molecule has 2 rings (SSSR count). The van der Waals surface area contributed by atoms with Gasteiger partial charge in [0.05, 0.1) is 6.61 Å². The zero-order valence-corrected chi connectivity index (χ0v) is 11.5. The van der Waals surface area contributed by atoms with Crippen molar-refractivity contribution in [3.05, 3.63) is 16.9 Å². The molecule has 1 saturated heterocycles. The summed E-state index contributed by atoms with van der Waals surface area (Å²) in [6.45, 7) is 3.69. The molecular formula is C13H20ClN3O. The lowest BCUT2D eigenvalue weighted by Gasteiger charge is -2.23. The number of nitrogens with zero attached hydrogens (tertiary/aromatic N) is 2. The van der Waals surface area contributed by atoms with Crippen molar-refractivity contribution in [2.75, 3.05) is 13.2 Å². The summed E-state index contributed by atoms with van der Waals surface area (Å²) < 4.78 is 5.52. The van der Waals surface area contributed by atoms with Crippen LogP contribution in [-0.4, -0.2) is 29.2 Å². The molecule has 0 unspecified atom stereocenters. The Balaban J connectivity index is 1.68. The second-order valence-electron chi connectivity index (χ2n) is 4.75. The quantitative estimate of drug-likeness (QED) is 0.660. The number of ether oxygens (including phenoxy) is 1. The van der Waals surface area contributed by atoms with Crippen molar-refractivity contribution < 1.29 is 4.74 Å². The Hall–Kier alpha value is -0.870. The third kappa shape index (κ3) is 4.42. The molecule has 1 aliphatic heterocycles. The van der Waals surface area contributed by atoms with Gasteiger partial charge in [-0.05, 0) is 45.2 Å². The smallest absolute Gasteiger partial charge is 0.318 e. The van der Waals surface area contributed by atoms with Gasteiger partial charge >= 0.3 is 6.01 Å². The van der Waals surface area contributed by atoms with Gasteiger partial charge in [0, 0.05) is 11.7 Å². The van der Waals surface area contributed by atoms with Gasteiger partial charge in [-0.3, -0.25) is 0 Å². The number of piperidine rings is 1. The number of nitrogens with one attached hydrogen (secondary N) is 1. The summed E-state index contributed by atoms with van der Waals surface area (Å²) >= 11 is 5.84. The Morgan fingerprint density at radius 3 is 3.06 bits per heavy atom. The highest BCUT2D eigenvalue weighted by Gasteiger charge is 2.11. The third-order valence-electron chi connectivity index (χ3n) is 3.14. The predicted octanol–water partition coefficient (Wildman–Crippen LogP) is 2.74. The van der Waals surface area contributed by atoms with Gasteiger partial charge < -0.3 is 10.1 Å². The molecule has 1 atom stereocenters. The van der Waals surface area contributed by atoms with Crippen molar-refractivity contribution >= 4 is 11.6 Å². The number of hydrogen-bond donors (Lipinski definition) is 1. The predicted molar refractivity (Wildman–Crippen MR) is 72.1 cm³/mol. The van der Waals surface area contributed by atoms with E-state index in [2.05, 4.69) is 15.3 Å². The van der Waals surface area contributed by atoms with Crippen molar-refractivity contribution in [1.82, 2.24) is 15.3 Å². The van der Waals surface area contributed by atoms with Crippen molar-refractivity contribution in [1.29, 1.82) is 0 Å². The molecule has 1 N–H and O–H groups in total. The van der Waals surface area contributed by atoms with Crippen LogP contribution in [0.15, 0.2) is 6.07 Å². The first-order valence-electron chi connectivity index (χ1n) is 6.61. The molecule has 0 amide bonds. The molecule has 2 heterocycles. The van der Waals surface area contributed by atoms with Gasteiger partial charge in [0.1, 0.15) is 5.15 Å². The lowest BCUT2D eigenvalue weighted by Crippen LogP contribution is -2.34. The normalized spacial score (nSPS) is 19.8. The molecule has 0 radical (unpaired) electrons. The number of hydrogen-bond acceptors (Lipinski definition) is 4. The van der Waals surface area contributed by atoms with Gasteiger partial charge in [0.25, 0.3) is 0 Å². The van der Waals surface area contributed by atoms with Gasteiger partial charge in [-0.15, -0.1) is 0 Å². The summed E-state index contributed by atoms with van der Waals surface area (Å²) in [6.07, 6.45) is 6.11. The van der Waals surface area contributed by atoms with Crippen LogP contribution in [0.5, 0.6) is 6.01 Å². The van der Waals surface area contributed by atoms with Gasteiger partial charge in [0.2, 0.25) is 0 Å². The molecule has 0 saturated carbocycles. The fourth-order valence-corrected chi connectivity index (χ4v) is 2.46. The average molecular weight is 270 g/mol. The topological polar surface area (TPSA) is 47.0 Å². The van der Waals surface area contributed by atoms with Gasteiger partial charge in [-0.2, -0.15) is 4.98 Å². The molecular weight excluding hydrogens is 250 g/mol. The standard InChI is InChI=1S/C13H20ClN3O/c1-10-9-12(14)17-13(16-10)18-8-4-6-11-5-2-3-7-15-11/h9,11,15H,2-8H2,1H3/t11-/m0/s1. The van der Waals surface area contributed by atoms with E-state index in [1.165, 1.54) is 19.3 Å². The molecule has 18 heavy (non-hydrogen) atoms. The molecule has 1 aromatic heterocycles. The molecule has 0 aromatic carbocycles. The Bertz CT molecular complexity index is 360. The largest absolute Gasteiger partial charge is 0.463 e. The van der Waals surface area contributed by atoms with E-state index < -0.39 is 0 Å². The monoisotopic (exact) mass is 269 g/mol. The Morgan fingerprint density at radius 1 is 1.44 bits per heavy atom. The zero-order chi connectivity index (χ0) is 12.8. The zero-order valence-electron chi connectivity index (χ0n) is 10.8. The molecule has 1 aliphatic rings. The van der Waals surface area contributed by atoms with Gasteiger partial charge in [-0.25, -0.2) is 4.98 Å². The summed E-state index contributed by atoms with van der Waals surface area (Å²) in [5, 5.41) is 3.96. The van der Waals surface area contributed by atoms with Crippen LogP contribution in [0.25, 0.3) is 0 Å². The molecule has 5 heteroatoms. The molecule has 0 bridgehead atoms. The highest BCUT2D eigenvalue weighted by atomic mass is 35.5. The Morgan fingerprint density at radius 2 is 2.33 bits per heavy atom. The average Bonchev–Trinajstić information content (AvgIpc) is 2.35. The number of halogens is 1. The van der Waals surface area contributed by atoms with Crippen LogP contribution >= 0.6 is 11.6 Å². The first kappa shape index (κ1) is 13.6. The van der Waals surface area contributed by atoms with E-state index in [0.29, 0.717) is 23.8 Å². The maximum atomic E-state index is 5.84. The summed E-state index contributed by atoms with van der Waals surface area (Å²) in [4.78, 5) is 8.22. The van der Waals surface area contributed by atoms with E-state index in [9.17, 15) is 0 Å². The minimum Gasteiger partial charge on any atom is -0.463 e. The van der Waals surface area contributed by atoms with Crippen LogP contribution in [0, 0.1) is 6.92 Å². The third-order valence-corrected chi connectivity index (χ3v) is 3.34. The van der Waals surface area contributed by atoms with E-state index in [0.717, 1.165) is 25.1 Å².